The van der Waals surface area contributed by atoms with Crippen molar-refractivity contribution in [2.24, 2.45) is 0 Å². The molecule has 2 aliphatic heterocycles. The fourth-order valence-corrected chi connectivity index (χ4v) is 4.56. The van der Waals surface area contributed by atoms with Crippen LogP contribution in [0.3, 0.4) is 0 Å². The van der Waals surface area contributed by atoms with Crippen LogP contribution in [0.4, 0.5) is 17.3 Å². The Morgan fingerprint density at radius 3 is 2.58 bits per heavy atom. The first-order valence-electron chi connectivity index (χ1n) is 12.6. The van der Waals surface area contributed by atoms with Gasteiger partial charge < -0.3 is 29.7 Å². The number of rotatable bonds is 7. The molecule has 196 valence electrons. The predicted octanol–water partition coefficient (Wildman–Crippen LogP) is 2.35. The minimum atomic E-state index is -0.485. The summed E-state index contributed by atoms with van der Waals surface area (Å²) in [4.78, 5) is 28.6. The number of carbonyl (C=O) groups excluding carboxylic acids is 1. The fraction of sp³-hybridized carbons (Fsp3) is 0.370. The zero-order valence-corrected chi connectivity index (χ0v) is 20.9. The van der Waals surface area contributed by atoms with Gasteiger partial charge in [-0.05, 0) is 42.5 Å². The van der Waals surface area contributed by atoms with Crippen molar-refractivity contribution in [1.29, 1.82) is 5.26 Å². The van der Waals surface area contributed by atoms with Crippen LogP contribution in [0.1, 0.15) is 18.4 Å². The molecular weight excluding hydrogens is 486 g/mol. The van der Waals surface area contributed by atoms with E-state index in [4.69, 9.17) is 14.6 Å². The lowest BCUT2D eigenvalue weighted by atomic mass is 10.1. The number of ether oxygens (including phenoxy) is 2. The number of benzene rings is 2. The van der Waals surface area contributed by atoms with E-state index < -0.39 is 6.61 Å². The molecule has 2 saturated heterocycles. The van der Waals surface area contributed by atoms with Gasteiger partial charge in [0, 0.05) is 56.0 Å². The smallest absolute Gasteiger partial charge is 0.248 e. The number of nitriles is 1. The number of aliphatic hydroxyl groups excluding tert-OH is 1. The van der Waals surface area contributed by atoms with E-state index >= 15 is 0 Å². The van der Waals surface area contributed by atoms with Crippen molar-refractivity contribution in [3.63, 3.8) is 0 Å². The van der Waals surface area contributed by atoms with Gasteiger partial charge in [0.15, 0.2) is 5.82 Å². The minimum absolute atomic E-state index is 0.113. The van der Waals surface area contributed by atoms with Crippen molar-refractivity contribution in [2.75, 3.05) is 56.2 Å². The molecule has 11 nitrogen and oxygen atoms in total. The van der Waals surface area contributed by atoms with Crippen molar-refractivity contribution in [3.8, 4) is 23.2 Å². The number of amides is 1. The number of piperidine rings is 1. The number of aromatic nitrogens is 3. The van der Waals surface area contributed by atoms with Gasteiger partial charge in [-0.15, -0.1) is 0 Å². The van der Waals surface area contributed by atoms with Gasteiger partial charge in [0.05, 0.1) is 18.8 Å². The van der Waals surface area contributed by atoms with Gasteiger partial charge in [-0.25, -0.2) is 9.97 Å². The fourth-order valence-electron chi connectivity index (χ4n) is 4.56. The van der Waals surface area contributed by atoms with Crippen LogP contribution in [0.25, 0.3) is 11.4 Å². The topological polar surface area (TPSA) is 137 Å². The largest absolute Gasteiger partial charge is 0.489 e. The van der Waals surface area contributed by atoms with Gasteiger partial charge in [-0.1, -0.05) is 0 Å². The van der Waals surface area contributed by atoms with Crippen LogP contribution < -0.4 is 15.0 Å². The summed E-state index contributed by atoms with van der Waals surface area (Å²) >= 11 is 0. The van der Waals surface area contributed by atoms with E-state index in [0.717, 1.165) is 37.7 Å². The van der Waals surface area contributed by atoms with Gasteiger partial charge >= 0.3 is 0 Å². The number of nitrogens with one attached hydrogen (secondary N) is 1. The molecule has 2 aromatic carbocycles. The third-order valence-electron chi connectivity index (χ3n) is 6.65. The number of anilines is 3. The lowest BCUT2D eigenvalue weighted by molar-refractivity contribution is -0.135. The SMILES string of the molecule is N#Cc1cc(-c2ncnc(Nc3ccc(N4CCOCC4)cc3)n2)ccc1OC1CCN(C(=O)CO)CC1. The average molecular weight is 516 g/mol. The maximum absolute atomic E-state index is 11.7. The first-order chi connectivity index (χ1) is 18.6. The Morgan fingerprint density at radius 1 is 1.11 bits per heavy atom. The van der Waals surface area contributed by atoms with Gasteiger partial charge in [-0.3, -0.25) is 4.79 Å². The zero-order valence-electron chi connectivity index (χ0n) is 20.9. The molecular formula is C27H29N7O4. The van der Waals surface area contributed by atoms with Crippen LogP contribution in [0.5, 0.6) is 5.75 Å². The zero-order chi connectivity index (χ0) is 26.3. The summed E-state index contributed by atoms with van der Waals surface area (Å²) in [6, 6.07) is 15.6. The first kappa shape index (κ1) is 25.4. The Balaban J connectivity index is 1.24. The highest BCUT2D eigenvalue weighted by atomic mass is 16.5. The van der Waals surface area contributed by atoms with E-state index in [0.29, 0.717) is 54.6 Å². The third-order valence-corrected chi connectivity index (χ3v) is 6.65. The molecule has 1 amide bonds. The summed E-state index contributed by atoms with van der Waals surface area (Å²) in [7, 11) is 0. The summed E-state index contributed by atoms with van der Waals surface area (Å²) in [5.41, 5.74) is 3.05. The average Bonchev–Trinajstić information content (AvgIpc) is 2.98. The molecule has 0 spiro atoms. The van der Waals surface area contributed by atoms with E-state index in [-0.39, 0.29) is 12.0 Å². The van der Waals surface area contributed by atoms with E-state index in [1.807, 2.05) is 18.2 Å². The second-order valence-corrected chi connectivity index (χ2v) is 9.08. The van der Waals surface area contributed by atoms with Gasteiger partial charge in [0.2, 0.25) is 11.9 Å². The van der Waals surface area contributed by atoms with Crippen LogP contribution >= 0.6 is 0 Å². The highest BCUT2D eigenvalue weighted by molar-refractivity contribution is 5.77. The summed E-state index contributed by atoms with van der Waals surface area (Å²) in [5, 5.41) is 22.0. The van der Waals surface area contributed by atoms with Crippen molar-refractivity contribution in [1.82, 2.24) is 19.9 Å². The molecule has 2 fully saturated rings. The second-order valence-electron chi connectivity index (χ2n) is 9.08. The monoisotopic (exact) mass is 515 g/mol. The quantitative estimate of drug-likeness (QED) is 0.482. The summed E-state index contributed by atoms with van der Waals surface area (Å²) < 4.78 is 11.5. The molecule has 38 heavy (non-hydrogen) atoms. The number of nitrogens with zero attached hydrogens (tertiary/aromatic N) is 6. The Bertz CT molecular complexity index is 1300. The molecule has 3 heterocycles. The molecule has 0 atom stereocenters. The molecule has 2 N–H and O–H groups in total. The number of hydrogen-bond donors (Lipinski definition) is 2. The Morgan fingerprint density at radius 2 is 1.87 bits per heavy atom. The Labute approximate surface area is 220 Å². The van der Waals surface area contributed by atoms with E-state index in [1.165, 1.54) is 6.33 Å². The van der Waals surface area contributed by atoms with E-state index in [9.17, 15) is 10.1 Å². The maximum atomic E-state index is 11.7. The molecule has 1 aromatic heterocycles. The molecule has 0 radical (unpaired) electrons. The number of hydrogen-bond acceptors (Lipinski definition) is 10. The Hall–Kier alpha value is -4.27. The molecule has 5 rings (SSSR count). The maximum Gasteiger partial charge on any atom is 0.248 e. The molecule has 0 saturated carbocycles. The number of morpholine rings is 1. The molecule has 0 bridgehead atoms. The molecule has 11 heteroatoms. The van der Waals surface area contributed by atoms with Crippen LogP contribution in [0, 0.1) is 11.3 Å². The molecule has 2 aliphatic rings. The highest BCUT2D eigenvalue weighted by Gasteiger charge is 2.24. The van der Waals surface area contributed by atoms with Crippen molar-refractivity contribution in [2.45, 2.75) is 18.9 Å². The summed E-state index contributed by atoms with van der Waals surface area (Å²) in [6.07, 6.45) is 2.59. The third kappa shape index (κ3) is 5.99. The number of aliphatic hydroxyl groups is 1. The van der Waals surface area contributed by atoms with E-state index in [1.54, 1.807) is 17.0 Å². The molecule has 0 unspecified atom stereocenters. The molecule has 3 aromatic rings. The first-order valence-corrected chi connectivity index (χ1v) is 12.6. The van der Waals surface area contributed by atoms with Crippen LogP contribution in [0.15, 0.2) is 48.8 Å². The van der Waals surface area contributed by atoms with E-state index in [2.05, 4.69) is 43.4 Å². The Kier molecular flexibility index (Phi) is 7.92. The standard InChI is InChI=1S/C27H29N7O4/c28-16-20-15-19(1-6-24(20)38-23-7-9-34(10-8-23)25(36)17-35)26-29-18-30-27(32-26)31-21-2-4-22(5-3-21)33-11-13-37-14-12-33/h1-6,15,18,23,35H,7-14,17H2,(H,29,30,31,32). The van der Waals surface area contributed by atoms with Crippen LogP contribution in [0.2, 0.25) is 0 Å². The van der Waals surface area contributed by atoms with Gasteiger partial charge in [-0.2, -0.15) is 10.2 Å². The second kappa shape index (κ2) is 11.9. The van der Waals surface area contributed by atoms with Crippen molar-refractivity contribution >= 4 is 23.2 Å². The van der Waals surface area contributed by atoms with Gasteiger partial charge in [0.1, 0.15) is 30.9 Å². The normalized spacial score (nSPS) is 16.1. The highest BCUT2D eigenvalue weighted by Crippen LogP contribution is 2.28. The minimum Gasteiger partial charge on any atom is -0.489 e. The summed E-state index contributed by atoms with van der Waals surface area (Å²) in [6.45, 7) is 3.77. The van der Waals surface area contributed by atoms with Crippen LogP contribution in [-0.2, 0) is 9.53 Å². The number of likely N-dealkylation sites (tertiary alicyclic amines) is 1. The lowest BCUT2D eigenvalue weighted by Gasteiger charge is -2.32. The summed E-state index contributed by atoms with van der Waals surface area (Å²) in [5.74, 6) is 1.04. The van der Waals surface area contributed by atoms with Crippen LogP contribution in [-0.4, -0.2) is 83.0 Å². The predicted molar refractivity (Wildman–Crippen MR) is 140 cm³/mol. The van der Waals surface area contributed by atoms with Gasteiger partial charge in [0.25, 0.3) is 0 Å². The van der Waals surface area contributed by atoms with Crippen molar-refractivity contribution in [3.05, 3.63) is 54.4 Å². The van der Waals surface area contributed by atoms with Crippen molar-refractivity contribution < 1.29 is 19.4 Å². The molecule has 0 aliphatic carbocycles. The lowest BCUT2D eigenvalue weighted by Crippen LogP contribution is -2.42. The number of carbonyl (C=O) groups is 1.